The molecular formula is C23H40N4O7P2. The summed E-state index contributed by atoms with van der Waals surface area (Å²) in [6.45, 7) is 8.63. The molecule has 0 aromatic rings. The average Bonchev–Trinajstić information content (AvgIpc) is 2.83. The van der Waals surface area contributed by atoms with Gasteiger partial charge in [0.25, 0.3) is 14.4 Å². The van der Waals surface area contributed by atoms with E-state index in [1.165, 1.54) is 6.08 Å². The SMILES string of the molecule is COP(/C=C/C1OC(N(C)/C=C\C(=O)NC=O)CCC1OP(OCCC#N)N(C(C)C)C(C)C)OC. The Labute approximate surface area is 217 Å². The van der Waals surface area contributed by atoms with Crippen molar-refractivity contribution >= 4 is 29.2 Å². The molecule has 36 heavy (non-hydrogen) atoms. The van der Waals surface area contributed by atoms with E-state index in [0.29, 0.717) is 19.3 Å². The van der Waals surface area contributed by atoms with Gasteiger partial charge in [-0.3, -0.25) is 14.9 Å². The van der Waals surface area contributed by atoms with Crippen LogP contribution < -0.4 is 5.32 Å². The Hall–Kier alpha value is -1.47. The smallest absolute Gasteiger partial charge is 0.259 e. The van der Waals surface area contributed by atoms with Crippen molar-refractivity contribution in [2.45, 2.75) is 77.5 Å². The third-order valence-corrected chi connectivity index (χ3v) is 8.43. The minimum atomic E-state index is -1.45. The number of nitrogens with one attached hydrogen (secondary N) is 1. The van der Waals surface area contributed by atoms with Gasteiger partial charge in [-0.05, 0) is 52.4 Å². The van der Waals surface area contributed by atoms with Crippen LogP contribution in [0.5, 0.6) is 0 Å². The van der Waals surface area contributed by atoms with E-state index in [1.807, 2.05) is 11.9 Å². The van der Waals surface area contributed by atoms with Crippen molar-refractivity contribution in [1.82, 2.24) is 14.9 Å². The summed E-state index contributed by atoms with van der Waals surface area (Å²) in [5, 5.41) is 11.0. The number of hydrogen-bond donors (Lipinski definition) is 1. The molecule has 0 saturated carbocycles. The zero-order chi connectivity index (χ0) is 27.1. The molecule has 2 amide bonds. The Morgan fingerprint density at radius 1 is 1.22 bits per heavy atom. The lowest BCUT2D eigenvalue weighted by Gasteiger charge is -2.42. The summed E-state index contributed by atoms with van der Waals surface area (Å²) >= 11 is 0. The van der Waals surface area contributed by atoms with Gasteiger partial charge in [0.05, 0.1) is 25.2 Å². The summed E-state index contributed by atoms with van der Waals surface area (Å²) in [5.74, 6) is 1.31. The molecule has 1 fully saturated rings. The maximum Gasteiger partial charge on any atom is 0.259 e. The summed E-state index contributed by atoms with van der Waals surface area (Å²) < 4.78 is 31.9. The number of rotatable bonds is 16. The normalized spacial score (nSPS) is 21.6. The minimum absolute atomic E-state index is 0.174. The third kappa shape index (κ3) is 11.3. The molecule has 0 aromatic carbocycles. The van der Waals surface area contributed by atoms with E-state index in [1.54, 1.807) is 32.4 Å². The second-order valence-electron chi connectivity index (χ2n) is 8.42. The highest BCUT2D eigenvalue weighted by Gasteiger charge is 2.37. The van der Waals surface area contributed by atoms with Crippen LogP contribution in [0.25, 0.3) is 0 Å². The standard InChI is InChI=1S/C23H40N4O7P2/c1-18(2)27(19(3)4)36(32-15-8-13-24)34-21-9-10-23(26(5)14-11-22(29)25-17-28)33-20(21)12-16-35(30-6)31-7/h11-12,14,16-21,23H,8-10,15H2,1-7H3,(H,25,28,29)/b14-11-,16-12+. The molecule has 1 N–H and O–H groups in total. The second-order valence-corrected chi connectivity index (χ2v) is 11.4. The number of nitriles is 1. The predicted octanol–water partition coefficient (Wildman–Crippen LogP) is 3.99. The third-order valence-electron chi connectivity index (χ3n) is 5.14. The van der Waals surface area contributed by atoms with Crippen molar-refractivity contribution in [3.05, 3.63) is 24.2 Å². The fourth-order valence-electron chi connectivity index (χ4n) is 3.54. The molecule has 0 radical (unpaired) electrons. The van der Waals surface area contributed by atoms with Crippen LogP contribution in [0.15, 0.2) is 24.2 Å². The molecule has 0 bridgehead atoms. The van der Waals surface area contributed by atoms with Crippen molar-refractivity contribution in [3.8, 4) is 6.07 Å². The Morgan fingerprint density at radius 2 is 1.89 bits per heavy atom. The van der Waals surface area contributed by atoms with Crippen molar-refractivity contribution in [2.75, 3.05) is 27.9 Å². The molecule has 1 saturated heterocycles. The molecule has 0 aromatic heterocycles. The van der Waals surface area contributed by atoms with Gasteiger partial charge in [-0.2, -0.15) is 5.26 Å². The zero-order valence-electron chi connectivity index (χ0n) is 22.2. The number of carbonyl (C=O) groups excluding carboxylic acids is 2. The first-order chi connectivity index (χ1) is 17.2. The molecule has 1 aliphatic heterocycles. The number of carbonyl (C=O) groups is 2. The van der Waals surface area contributed by atoms with Gasteiger partial charge in [-0.25, -0.2) is 4.67 Å². The van der Waals surface area contributed by atoms with Crippen LogP contribution in [-0.4, -0.2) is 80.3 Å². The van der Waals surface area contributed by atoms with Crippen LogP contribution in [0, 0.1) is 11.3 Å². The topological polar surface area (TPSA) is 123 Å². The lowest BCUT2D eigenvalue weighted by molar-refractivity contribution is -0.132. The highest BCUT2D eigenvalue weighted by molar-refractivity contribution is 7.50. The van der Waals surface area contributed by atoms with Crippen LogP contribution in [0.4, 0.5) is 0 Å². The van der Waals surface area contributed by atoms with Gasteiger partial charge in [-0.15, -0.1) is 0 Å². The van der Waals surface area contributed by atoms with Gasteiger partial charge >= 0.3 is 0 Å². The van der Waals surface area contributed by atoms with Crippen molar-refractivity contribution < 1.29 is 32.4 Å². The molecule has 4 atom stereocenters. The van der Waals surface area contributed by atoms with E-state index in [9.17, 15) is 9.59 Å². The first kappa shape index (κ1) is 32.6. The number of ether oxygens (including phenoxy) is 1. The van der Waals surface area contributed by atoms with Crippen LogP contribution >= 0.6 is 16.9 Å². The molecule has 0 spiro atoms. The second kappa shape index (κ2) is 17.9. The lowest BCUT2D eigenvalue weighted by atomic mass is 10.0. The molecule has 1 rings (SSSR count). The van der Waals surface area contributed by atoms with E-state index >= 15 is 0 Å². The highest BCUT2D eigenvalue weighted by Crippen LogP contribution is 2.49. The fourth-order valence-corrected chi connectivity index (χ4v) is 6.00. The summed E-state index contributed by atoms with van der Waals surface area (Å²) in [6.07, 6.45) is 5.56. The quantitative estimate of drug-likeness (QED) is 0.132. The summed E-state index contributed by atoms with van der Waals surface area (Å²) in [6, 6.07) is 2.46. The van der Waals surface area contributed by atoms with Crippen LogP contribution in [0.1, 0.15) is 47.0 Å². The molecule has 4 unspecified atom stereocenters. The summed E-state index contributed by atoms with van der Waals surface area (Å²) in [5.41, 5.74) is 0. The minimum Gasteiger partial charge on any atom is -0.355 e. The van der Waals surface area contributed by atoms with Gasteiger partial charge in [-0.1, -0.05) is 0 Å². The van der Waals surface area contributed by atoms with E-state index in [2.05, 4.69) is 43.8 Å². The number of imide groups is 1. The molecule has 13 heteroatoms. The Balaban J connectivity index is 3.12. The van der Waals surface area contributed by atoms with Crippen molar-refractivity contribution in [3.63, 3.8) is 0 Å². The Kier molecular flexibility index (Phi) is 16.2. The molecule has 1 heterocycles. The molecule has 0 aliphatic carbocycles. The van der Waals surface area contributed by atoms with Crippen molar-refractivity contribution in [2.24, 2.45) is 0 Å². The fraction of sp³-hybridized carbons (Fsp3) is 0.696. The maximum absolute atomic E-state index is 11.6. The summed E-state index contributed by atoms with van der Waals surface area (Å²) in [7, 11) is 2.28. The van der Waals surface area contributed by atoms with Gasteiger partial charge in [0.15, 0.2) is 8.38 Å². The Morgan fingerprint density at radius 3 is 2.44 bits per heavy atom. The van der Waals surface area contributed by atoms with Crippen LogP contribution in [0.2, 0.25) is 0 Å². The number of nitrogens with zero attached hydrogens (tertiary/aromatic N) is 3. The summed E-state index contributed by atoms with van der Waals surface area (Å²) in [4.78, 5) is 23.8. The lowest BCUT2D eigenvalue weighted by Crippen LogP contribution is -2.45. The zero-order valence-corrected chi connectivity index (χ0v) is 24.0. The molecule has 11 nitrogen and oxygen atoms in total. The van der Waals surface area contributed by atoms with Crippen molar-refractivity contribution in [1.29, 1.82) is 5.26 Å². The first-order valence-electron chi connectivity index (χ1n) is 11.8. The largest absolute Gasteiger partial charge is 0.355 e. The van der Waals surface area contributed by atoms with E-state index in [-0.39, 0.29) is 37.4 Å². The average molecular weight is 547 g/mol. The first-order valence-corrected chi connectivity index (χ1v) is 14.2. The van der Waals surface area contributed by atoms with Gasteiger partial charge in [0.1, 0.15) is 12.3 Å². The van der Waals surface area contributed by atoms with Crippen LogP contribution in [0.3, 0.4) is 0 Å². The van der Waals surface area contributed by atoms with E-state index < -0.39 is 28.9 Å². The maximum atomic E-state index is 11.6. The van der Waals surface area contributed by atoms with Gasteiger partial charge < -0.3 is 27.7 Å². The number of hydrogen-bond acceptors (Lipinski definition) is 10. The van der Waals surface area contributed by atoms with Gasteiger partial charge in [0.2, 0.25) is 6.41 Å². The van der Waals surface area contributed by atoms with Gasteiger partial charge in [0, 0.05) is 45.6 Å². The predicted molar refractivity (Wildman–Crippen MR) is 139 cm³/mol. The van der Waals surface area contributed by atoms with E-state index in [0.717, 1.165) is 0 Å². The van der Waals surface area contributed by atoms with E-state index in [4.69, 9.17) is 28.1 Å². The molecule has 1 aliphatic rings. The monoisotopic (exact) mass is 546 g/mol. The number of amides is 2. The highest BCUT2D eigenvalue weighted by atomic mass is 31.2. The molecular weight excluding hydrogens is 506 g/mol. The van der Waals surface area contributed by atoms with Crippen LogP contribution in [-0.2, 0) is 32.4 Å². The molecule has 204 valence electrons. The Bertz CT molecular complexity index is 751.